The van der Waals surface area contributed by atoms with Crippen LogP contribution >= 0.6 is 0 Å². The van der Waals surface area contributed by atoms with Gasteiger partial charge >= 0.3 is 24.0 Å². The van der Waals surface area contributed by atoms with Crippen LogP contribution in [0.15, 0.2) is 0 Å². The molecule has 0 aromatic heterocycles. The Hall–Kier alpha value is -1.48. The summed E-state index contributed by atoms with van der Waals surface area (Å²) in [7, 11) is 0. The van der Waals surface area contributed by atoms with E-state index in [0.717, 1.165) is 0 Å². The Morgan fingerprint density at radius 3 is 2.06 bits per heavy atom. The minimum absolute atomic E-state index is 0.411. The van der Waals surface area contributed by atoms with E-state index in [1.165, 1.54) is 0 Å². The second-order valence-corrected chi connectivity index (χ2v) is 3.88. The van der Waals surface area contributed by atoms with Crippen LogP contribution in [0, 0.1) is 0 Å². The molecule has 2 rings (SSSR count). The van der Waals surface area contributed by atoms with Crippen molar-refractivity contribution in [3.63, 3.8) is 0 Å². The molecule has 2 fully saturated rings. The summed E-state index contributed by atoms with van der Waals surface area (Å²) in [6.45, 7) is 0. The van der Waals surface area contributed by atoms with Crippen molar-refractivity contribution < 1.29 is 40.7 Å². The van der Waals surface area contributed by atoms with Crippen LogP contribution in [0.2, 0.25) is 0 Å². The first-order chi connectivity index (χ1) is 8.02. The number of esters is 1. The number of fused-ring (bicyclic) bond motifs is 1. The van der Waals surface area contributed by atoms with Gasteiger partial charge < -0.3 is 4.74 Å². The summed E-state index contributed by atoms with van der Waals surface area (Å²) in [5.74, 6) is -3.09. The number of hydrogen-bond donors (Lipinski definition) is 0. The highest BCUT2D eigenvalue weighted by Gasteiger charge is 2.83. The number of carbonyl (C=O) groups excluding carboxylic acids is 2. The molecule has 10 heteroatoms. The van der Waals surface area contributed by atoms with E-state index < -0.39 is 53.7 Å². The zero-order valence-corrected chi connectivity index (χ0v) is 8.43. The minimum Gasteiger partial charge on any atom is -0.419 e. The maximum atomic E-state index is 12.7. The zero-order valence-electron chi connectivity index (χ0n) is 8.43. The lowest BCUT2D eigenvalue weighted by molar-refractivity contribution is -0.394. The maximum Gasteiger partial charge on any atom is 0.458 e. The molecular formula is C8H5F6NO3. The van der Waals surface area contributed by atoms with Crippen LogP contribution in [0.5, 0.6) is 0 Å². The van der Waals surface area contributed by atoms with Gasteiger partial charge in [0, 0.05) is 6.42 Å². The number of amides is 1. The normalized spacial score (nSPS) is 27.4. The second-order valence-electron chi connectivity index (χ2n) is 3.88. The summed E-state index contributed by atoms with van der Waals surface area (Å²) in [4.78, 5) is 21.8. The minimum atomic E-state index is -5.95. The molecule has 0 aromatic carbocycles. The molecule has 2 aliphatic heterocycles. The van der Waals surface area contributed by atoms with Crippen molar-refractivity contribution >= 4 is 11.9 Å². The molecule has 2 saturated heterocycles. The third-order valence-electron chi connectivity index (χ3n) is 2.84. The summed E-state index contributed by atoms with van der Waals surface area (Å²) in [6.07, 6.45) is -12.9. The predicted octanol–water partition coefficient (Wildman–Crippen LogP) is 1.36. The van der Waals surface area contributed by atoms with Gasteiger partial charge in [0.15, 0.2) is 0 Å². The molecule has 18 heavy (non-hydrogen) atoms. The molecule has 0 aliphatic carbocycles. The van der Waals surface area contributed by atoms with Crippen molar-refractivity contribution in [2.24, 2.45) is 0 Å². The molecule has 0 radical (unpaired) electrons. The fourth-order valence-electron chi connectivity index (χ4n) is 2.11. The Morgan fingerprint density at radius 1 is 1.11 bits per heavy atom. The van der Waals surface area contributed by atoms with Gasteiger partial charge in [-0.1, -0.05) is 0 Å². The quantitative estimate of drug-likeness (QED) is 0.496. The van der Waals surface area contributed by atoms with E-state index in [-0.39, 0.29) is 0 Å². The summed E-state index contributed by atoms with van der Waals surface area (Å²) < 4.78 is 79.8. The number of cyclic esters (lactones) is 1. The maximum absolute atomic E-state index is 12.7. The van der Waals surface area contributed by atoms with Gasteiger partial charge in [-0.15, -0.1) is 0 Å². The molecule has 0 N–H and O–H groups in total. The highest BCUT2D eigenvalue weighted by atomic mass is 19.4. The van der Waals surface area contributed by atoms with Crippen LogP contribution in [0.25, 0.3) is 0 Å². The van der Waals surface area contributed by atoms with E-state index in [4.69, 9.17) is 0 Å². The molecule has 0 saturated carbocycles. The van der Waals surface area contributed by atoms with E-state index in [2.05, 4.69) is 4.74 Å². The SMILES string of the molecule is O=C1OC(C(F)(F)F)(C(F)(F)F)N2C(=O)CC[C@@H]12. The Balaban J connectivity index is 2.62. The molecule has 2 aliphatic rings. The average Bonchev–Trinajstić information content (AvgIpc) is 2.65. The molecular weight excluding hydrogens is 272 g/mol. The van der Waals surface area contributed by atoms with Crippen molar-refractivity contribution in [1.29, 1.82) is 0 Å². The van der Waals surface area contributed by atoms with E-state index in [1.54, 1.807) is 0 Å². The van der Waals surface area contributed by atoms with Gasteiger partial charge in [0.1, 0.15) is 6.04 Å². The topological polar surface area (TPSA) is 46.6 Å². The zero-order chi connectivity index (χ0) is 13.9. The van der Waals surface area contributed by atoms with Crippen LogP contribution in [0.4, 0.5) is 26.3 Å². The highest BCUT2D eigenvalue weighted by molar-refractivity contribution is 5.91. The van der Waals surface area contributed by atoms with Crippen molar-refractivity contribution in [2.45, 2.75) is 37.0 Å². The molecule has 4 nitrogen and oxygen atoms in total. The monoisotopic (exact) mass is 277 g/mol. The largest absolute Gasteiger partial charge is 0.458 e. The van der Waals surface area contributed by atoms with Crippen LogP contribution in [-0.4, -0.2) is 40.9 Å². The smallest absolute Gasteiger partial charge is 0.419 e. The fraction of sp³-hybridized carbons (Fsp3) is 0.750. The van der Waals surface area contributed by atoms with E-state index in [1.807, 2.05) is 0 Å². The second kappa shape index (κ2) is 3.29. The van der Waals surface area contributed by atoms with E-state index >= 15 is 0 Å². The van der Waals surface area contributed by atoms with Crippen molar-refractivity contribution in [3.05, 3.63) is 0 Å². The molecule has 0 bridgehead atoms. The number of halogens is 6. The number of nitrogens with zero attached hydrogens (tertiary/aromatic N) is 1. The van der Waals surface area contributed by atoms with Crippen LogP contribution in [0.3, 0.4) is 0 Å². The number of alkyl halides is 6. The lowest BCUT2D eigenvalue weighted by atomic mass is 10.1. The summed E-state index contributed by atoms with van der Waals surface area (Å²) in [5.41, 5.74) is -4.85. The standard InChI is InChI=1S/C8H5F6NO3/c9-7(10,11)6(8(12,13)14)15-3(5(17)18-6)1-2-4(15)16/h3H,1-2H2/t3-/m0/s1. The molecule has 0 aromatic rings. The number of ether oxygens (including phenoxy) is 1. The van der Waals surface area contributed by atoms with Crippen LogP contribution in [-0.2, 0) is 14.3 Å². The van der Waals surface area contributed by atoms with Gasteiger partial charge in [-0.05, 0) is 6.42 Å². The van der Waals surface area contributed by atoms with Gasteiger partial charge in [0.25, 0.3) is 0 Å². The van der Waals surface area contributed by atoms with E-state index in [9.17, 15) is 35.9 Å². The third-order valence-corrected chi connectivity index (χ3v) is 2.84. The lowest BCUT2D eigenvalue weighted by Gasteiger charge is -2.37. The van der Waals surface area contributed by atoms with Crippen LogP contribution in [0.1, 0.15) is 12.8 Å². The summed E-state index contributed by atoms with van der Waals surface area (Å²) in [5, 5.41) is 0. The first-order valence-electron chi connectivity index (χ1n) is 4.71. The Labute approximate surface area is 95.5 Å². The highest BCUT2D eigenvalue weighted by Crippen LogP contribution is 2.54. The molecule has 2 heterocycles. The first-order valence-corrected chi connectivity index (χ1v) is 4.71. The van der Waals surface area contributed by atoms with Crippen LogP contribution < -0.4 is 0 Å². The first kappa shape index (κ1) is 13.0. The van der Waals surface area contributed by atoms with Gasteiger partial charge in [0.2, 0.25) is 5.91 Å². The molecule has 1 amide bonds. The molecule has 102 valence electrons. The number of carbonyl (C=O) groups is 2. The molecule has 0 unspecified atom stereocenters. The lowest BCUT2D eigenvalue weighted by Crippen LogP contribution is -2.66. The fourth-order valence-corrected chi connectivity index (χ4v) is 2.11. The Kier molecular flexibility index (Phi) is 2.37. The molecule has 0 spiro atoms. The summed E-state index contributed by atoms with van der Waals surface area (Å²) in [6, 6.07) is -1.82. The van der Waals surface area contributed by atoms with Crippen molar-refractivity contribution in [2.75, 3.05) is 0 Å². The number of rotatable bonds is 0. The third kappa shape index (κ3) is 1.34. The van der Waals surface area contributed by atoms with Gasteiger partial charge in [-0.25, -0.2) is 4.79 Å². The average molecular weight is 277 g/mol. The van der Waals surface area contributed by atoms with Gasteiger partial charge in [-0.2, -0.15) is 26.3 Å². The van der Waals surface area contributed by atoms with Gasteiger partial charge in [-0.3, -0.25) is 9.69 Å². The summed E-state index contributed by atoms with van der Waals surface area (Å²) >= 11 is 0. The molecule has 1 atom stereocenters. The van der Waals surface area contributed by atoms with Gasteiger partial charge in [0.05, 0.1) is 0 Å². The van der Waals surface area contributed by atoms with E-state index in [0.29, 0.717) is 0 Å². The predicted molar refractivity (Wildman–Crippen MR) is 40.8 cm³/mol. The van der Waals surface area contributed by atoms with Crippen molar-refractivity contribution in [1.82, 2.24) is 4.90 Å². The Morgan fingerprint density at radius 2 is 1.61 bits per heavy atom. The Bertz CT molecular complexity index is 398. The number of hydrogen-bond acceptors (Lipinski definition) is 3. The van der Waals surface area contributed by atoms with Crippen molar-refractivity contribution in [3.8, 4) is 0 Å².